The second-order valence-electron chi connectivity index (χ2n) is 7.43. The molecule has 1 aromatic carbocycles. The van der Waals surface area contributed by atoms with Crippen LogP contribution in [0.5, 0.6) is 0 Å². The summed E-state index contributed by atoms with van der Waals surface area (Å²) in [5.41, 5.74) is 2.89. The first-order chi connectivity index (χ1) is 15.3. The second kappa shape index (κ2) is 6.69. The molecule has 1 atom stereocenters. The highest BCUT2D eigenvalue weighted by Crippen LogP contribution is 2.42. The third-order valence-electron chi connectivity index (χ3n) is 5.63. The van der Waals surface area contributed by atoms with Crippen LogP contribution in [0.3, 0.4) is 0 Å². The van der Waals surface area contributed by atoms with Gasteiger partial charge in [-0.3, -0.25) is 4.57 Å². The fourth-order valence-electron chi connectivity index (χ4n) is 4.13. The van der Waals surface area contributed by atoms with E-state index in [0.717, 1.165) is 40.8 Å². The molecule has 0 spiro atoms. The summed E-state index contributed by atoms with van der Waals surface area (Å²) < 4.78 is 3.72. The average Bonchev–Trinajstić information content (AvgIpc) is 3.40. The number of anilines is 1. The molecular formula is C22H19N9. The van der Waals surface area contributed by atoms with E-state index in [2.05, 4.69) is 49.2 Å². The van der Waals surface area contributed by atoms with Gasteiger partial charge in [0, 0.05) is 11.3 Å². The number of fused-ring (bicyclic) bond motifs is 3. The molecule has 0 saturated heterocycles. The van der Waals surface area contributed by atoms with E-state index in [1.807, 2.05) is 54.1 Å². The molecule has 1 aliphatic carbocycles. The van der Waals surface area contributed by atoms with Crippen molar-refractivity contribution in [3.63, 3.8) is 0 Å². The zero-order valence-corrected chi connectivity index (χ0v) is 17.1. The van der Waals surface area contributed by atoms with Gasteiger partial charge in [0.2, 0.25) is 0 Å². The summed E-state index contributed by atoms with van der Waals surface area (Å²) in [5, 5.41) is 13.2. The fraction of sp³-hybridized carbons (Fsp3) is 0.182. The second-order valence-corrected chi connectivity index (χ2v) is 7.43. The number of hydrogen-bond donors (Lipinski definition) is 0. The highest BCUT2D eigenvalue weighted by Gasteiger charge is 2.37. The third-order valence-corrected chi connectivity index (χ3v) is 5.63. The SMILES string of the molecule is CCC1c2nnc(C)n2-c2cnc(-n3ncnc3-c3ccccc3)nc2N1C1=CC=C1. The predicted octanol–water partition coefficient (Wildman–Crippen LogP) is 3.34. The summed E-state index contributed by atoms with van der Waals surface area (Å²) in [6, 6.07) is 9.94. The van der Waals surface area contributed by atoms with Crippen molar-refractivity contribution < 1.29 is 0 Å². The van der Waals surface area contributed by atoms with Gasteiger partial charge in [0.05, 0.1) is 12.2 Å². The minimum atomic E-state index is 0.0250. The molecule has 4 aromatic rings. The van der Waals surface area contributed by atoms with Crippen LogP contribution in [0.4, 0.5) is 5.82 Å². The van der Waals surface area contributed by atoms with Crippen molar-refractivity contribution in [2.24, 2.45) is 0 Å². The van der Waals surface area contributed by atoms with E-state index >= 15 is 0 Å². The monoisotopic (exact) mass is 409 g/mol. The number of allylic oxidation sites excluding steroid dienone is 3. The van der Waals surface area contributed by atoms with Crippen molar-refractivity contribution in [2.75, 3.05) is 4.90 Å². The maximum absolute atomic E-state index is 4.97. The third kappa shape index (κ3) is 2.56. The lowest BCUT2D eigenvalue weighted by Crippen LogP contribution is -2.36. The quantitative estimate of drug-likeness (QED) is 0.510. The van der Waals surface area contributed by atoms with Gasteiger partial charge in [-0.2, -0.15) is 14.8 Å². The molecule has 152 valence electrons. The standard InChI is InChI=1S/C22H19N9/c1-3-17-21-28-27-14(2)29(21)18-12-23-22(26-20(18)30(17)16-10-7-11-16)31-19(24-13-25-31)15-8-5-4-6-9-15/h4-13,17H,3H2,1-2H3. The Morgan fingerprint density at radius 1 is 1.06 bits per heavy atom. The molecule has 6 rings (SSSR count). The van der Waals surface area contributed by atoms with Gasteiger partial charge < -0.3 is 4.90 Å². The molecule has 1 aliphatic heterocycles. The molecule has 0 amide bonds. The number of aromatic nitrogens is 8. The maximum Gasteiger partial charge on any atom is 0.254 e. The molecule has 31 heavy (non-hydrogen) atoms. The van der Waals surface area contributed by atoms with E-state index in [1.54, 1.807) is 4.68 Å². The summed E-state index contributed by atoms with van der Waals surface area (Å²) in [7, 11) is 0. The van der Waals surface area contributed by atoms with Gasteiger partial charge in [-0.1, -0.05) is 43.3 Å². The summed E-state index contributed by atoms with van der Waals surface area (Å²) in [6.07, 6.45) is 10.4. The number of benzene rings is 1. The predicted molar refractivity (Wildman–Crippen MR) is 115 cm³/mol. The zero-order chi connectivity index (χ0) is 20.9. The van der Waals surface area contributed by atoms with E-state index in [1.165, 1.54) is 6.33 Å². The summed E-state index contributed by atoms with van der Waals surface area (Å²) in [4.78, 5) is 16.3. The summed E-state index contributed by atoms with van der Waals surface area (Å²) in [5.74, 6) is 3.68. The first-order valence-corrected chi connectivity index (χ1v) is 10.2. The van der Waals surface area contributed by atoms with Crippen LogP contribution in [0.2, 0.25) is 0 Å². The minimum Gasteiger partial charge on any atom is -0.314 e. The Kier molecular flexibility index (Phi) is 3.82. The Morgan fingerprint density at radius 2 is 1.90 bits per heavy atom. The van der Waals surface area contributed by atoms with Crippen LogP contribution in [0.15, 0.2) is 66.8 Å². The molecule has 0 fully saturated rings. The molecule has 4 heterocycles. The molecule has 2 aliphatic rings. The Balaban J connectivity index is 1.55. The van der Waals surface area contributed by atoms with Crippen LogP contribution in [0.25, 0.3) is 23.0 Å². The van der Waals surface area contributed by atoms with Crippen LogP contribution in [0.1, 0.15) is 31.0 Å². The van der Waals surface area contributed by atoms with Crippen molar-refractivity contribution in [1.29, 1.82) is 0 Å². The topological polar surface area (TPSA) is 90.4 Å². The van der Waals surface area contributed by atoms with Crippen LogP contribution >= 0.6 is 0 Å². The Labute approximate surface area is 178 Å². The average molecular weight is 409 g/mol. The Bertz CT molecular complexity index is 1350. The van der Waals surface area contributed by atoms with Gasteiger partial charge in [-0.15, -0.1) is 10.2 Å². The van der Waals surface area contributed by atoms with Gasteiger partial charge in [0.25, 0.3) is 5.95 Å². The van der Waals surface area contributed by atoms with E-state index in [-0.39, 0.29) is 6.04 Å². The molecule has 9 heteroatoms. The number of nitrogens with zero attached hydrogens (tertiary/aromatic N) is 9. The van der Waals surface area contributed by atoms with Crippen LogP contribution in [-0.4, -0.2) is 39.5 Å². The first kappa shape index (κ1) is 17.7. The van der Waals surface area contributed by atoms with Gasteiger partial charge >= 0.3 is 0 Å². The molecule has 3 aromatic heterocycles. The highest BCUT2D eigenvalue weighted by atomic mass is 15.4. The van der Waals surface area contributed by atoms with Crippen LogP contribution < -0.4 is 4.90 Å². The first-order valence-electron chi connectivity index (χ1n) is 10.2. The van der Waals surface area contributed by atoms with Gasteiger partial charge in [-0.25, -0.2) is 9.97 Å². The lowest BCUT2D eigenvalue weighted by atomic mass is 10.0. The van der Waals surface area contributed by atoms with E-state index < -0.39 is 0 Å². The van der Waals surface area contributed by atoms with Gasteiger partial charge in [0.15, 0.2) is 17.5 Å². The number of rotatable bonds is 4. The van der Waals surface area contributed by atoms with Crippen LogP contribution in [0, 0.1) is 6.92 Å². The molecule has 0 bridgehead atoms. The molecule has 9 nitrogen and oxygen atoms in total. The molecule has 0 saturated carbocycles. The van der Waals surface area contributed by atoms with Gasteiger partial charge in [-0.05, 0) is 25.5 Å². The van der Waals surface area contributed by atoms with E-state index in [4.69, 9.17) is 4.98 Å². The maximum atomic E-state index is 4.97. The smallest absolute Gasteiger partial charge is 0.254 e. The van der Waals surface area contributed by atoms with E-state index in [9.17, 15) is 0 Å². The lowest BCUT2D eigenvalue weighted by molar-refractivity contribution is 0.572. The largest absolute Gasteiger partial charge is 0.314 e. The Morgan fingerprint density at radius 3 is 2.65 bits per heavy atom. The lowest BCUT2D eigenvalue weighted by Gasteiger charge is -2.38. The van der Waals surface area contributed by atoms with Crippen molar-refractivity contribution in [2.45, 2.75) is 26.3 Å². The van der Waals surface area contributed by atoms with Crippen LogP contribution in [-0.2, 0) is 0 Å². The molecule has 0 N–H and O–H groups in total. The van der Waals surface area contributed by atoms with Crippen molar-refractivity contribution in [1.82, 2.24) is 39.5 Å². The fourth-order valence-corrected chi connectivity index (χ4v) is 4.13. The van der Waals surface area contributed by atoms with Crippen molar-refractivity contribution in [3.8, 4) is 23.0 Å². The number of hydrogen-bond acceptors (Lipinski definition) is 7. The van der Waals surface area contributed by atoms with Crippen molar-refractivity contribution in [3.05, 3.63) is 78.4 Å². The van der Waals surface area contributed by atoms with Gasteiger partial charge in [0.1, 0.15) is 17.8 Å². The van der Waals surface area contributed by atoms with Crippen molar-refractivity contribution >= 4 is 5.82 Å². The minimum absolute atomic E-state index is 0.0250. The van der Waals surface area contributed by atoms with E-state index in [0.29, 0.717) is 11.8 Å². The normalized spacial score (nSPS) is 16.5. The molecular weight excluding hydrogens is 390 g/mol. The molecule has 0 radical (unpaired) electrons. The highest BCUT2D eigenvalue weighted by molar-refractivity contribution is 5.69. The number of aryl methyl sites for hydroxylation is 1. The summed E-state index contributed by atoms with van der Waals surface area (Å²) in [6.45, 7) is 4.09. The zero-order valence-electron chi connectivity index (χ0n) is 17.1. The Hall–Kier alpha value is -4.14. The molecule has 1 unspecified atom stereocenters. The summed E-state index contributed by atoms with van der Waals surface area (Å²) >= 11 is 0.